The summed E-state index contributed by atoms with van der Waals surface area (Å²) in [6.07, 6.45) is 1.16. The second-order valence-corrected chi connectivity index (χ2v) is 6.97. The largest absolute Gasteiger partial charge is 0.398 e. The van der Waals surface area contributed by atoms with Crippen LogP contribution in [-0.4, -0.2) is 31.9 Å². The number of carbonyl (C=O) groups excluding carboxylic acids is 1. The Hall–Kier alpha value is -1.63. The van der Waals surface area contributed by atoms with Crippen LogP contribution in [0.4, 0.5) is 10.1 Å². The summed E-state index contributed by atoms with van der Waals surface area (Å²) in [6.45, 7) is 0.0388. The summed E-state index contributed by atoms with van der Waals surface area (Å²) in [5, 5.41) is 1.95. The number of nitrogens with two attached hydrogens (primary N) is 1. The van der Waals surface area contributed by atoms with Gasteiger partial charge in [-0.05, 0) is 31.0 Å². The Kier molecular flexibility index (Phi) is 3.75. The lowest BCUT2D eigenvalue weighted by Gasteiger charge is -2.11. The molecule has 0 saturated carbocycles. The summed E-state index contributed by atoms with van der Waals surface area (Å²) < 4.78 is 36.2. The van der Waals surface area contributed by atoms with Crippen molar-refractivity contribution in [3.05, 3.63) is 29.6 Å². The number of carbonyl (C=O) groups is 1. The molecule has 0 bridgehead atoms. The summed E-state index contributed by atoms with van der Waals surface area (Å²) >= 11 is 0. The van der Waals surface area contributed by atoms with Crippen LogP contribution in [0.1, 0.15) is 23.2 Å². The molecule has 1 heterocycles. The van der Waals surface area contributed by atoms with E-state index in [9.17, 15) is 17.6 Å². The van der Waals surface area contributed by atoms with Crippen LogP contribution in [0.5, 0.6) is 0 Å². The number of hydrogen-bond acceptors (Lipinski definition) is 4. The lowest BCUT2D eigenvalue weighted by atomic mass is 10.1. The molecule has 0 aliphatic carbocycles. The molecular weight excluding hydrogens is 271 g/mol. The van der Waals surface area contributed by atoms with Gasteiger partial charge in [0.05, 0.1) is 16.6 Å². The number of hydrogen-bond donors (Lipinski definition) is 2. The van der Waals surface area contributed by atoms with Gasteiger partial charge in [0.1, 0.15) is 5.82 Å². The van der Waals surface area contributed by atoms with Crippen molar-refractivity contribution < 1.29 is 17.6 Å². The summed E-state index contributed by atoms with van der Waals surface area (Å²) in [6, 6.07) is 3.50. The van der Waals surface area contributed by atoms with Crippen LogP contribution in [0, 0.1) is 5.82 Å². The molecule has 1 aromatic rings. The number of nitrogen functional groups attached to an aromatic ring is 1. The molecule has 1 atom stereocenters. The van der Waals surface area contributed by atoms with Crippen LogP contribution in [0.2, 0.25) is 0 Å². The Labute approximate surface area is 110 Å². The fourth-order valence-corrected chi connectivity index (χ4v) is 3.88. The maximum Gasteiger partial charge on any atom is 0.253 e. The van der Waals surface area contributed by atoms with Crippen molar-refractivity contribution in [2.45, 2.75) is 18.1 Å². The zero-order chi connectivity index (χ0) is 14.0. The average molecular weight is 286 g/mol. The summed E-state index contributed by atoms with van der Waals surface area (Å²) in [5.74, 6) is -0.956. The second kappa shape index (κ2) is 5.16. The molecular formula is C12H15FN2O3S. The highest BCUT2D eigenvalue weighted by atomic mass is 32.2. The lowest BCUT2D eigenvalue weighted by Crippen LogP contribution is -2.34. The van der Waals surface area contributed by atoms with Crippen LogP contribution in [0.15, 0.2) is 18.2 Å². The molecule has 7 heteroatoms. The van der Waals surface area contributed by atoms with E-state index >= 15 is 0 Å². The first kappa shape index (κ1) is 13.8. The van der Waals surface area contributed by atoms with Crippen molar-refractivity contribution in [3.63, 3.8) is 0 Å². The van der Waals surface area contributed by atoms with E-state index in [0.717, 1.165) is 12.1 Å². The zero-order valence-corrected chi connectivity index (χ0v) is 11.0. The molecule has 1 aromatic carbocycles. The maximum atomic E-state index is 13.0. The van der Waals surface area contributed by atoms with E-state index in [2.05, 4.69) is 5.32 Å². The molecule has 5 nitrogen and oxygen atoms in total. The van der Waals surface area contributed by atoms with Crippen molar-refractivity contribution in [2.75, 3.05) is 18.0 Å². The highest BCUT2D eigenvalue weighted by Gasteiger charge is 2.31. The minimum absolute atomic E-state index is 0.0235. The topological polar surface area (TPSA) is 89.3 Å². The van der Waals surface area contributed by atoms with Crippen LogP contribution < -0.4 is 11.1 Å². The normalized spacial score (nSPS) is 21.2. The quantitative estimate of drug-likeness (QED) is 0.801. The molecule has 3 N–H and O–H groups in total. The van der Waals surface area contributed by atoms with E-state index < -0.39 is 26.8 Å². The Morgan fingerprint density at radius 2 is 2.21 bits per heavy atom. The van der Waals surface area contributed by atoms with Gasteiger partial charge in [-0.2, -0.15) is 0 Å². The van der Waals surface area contributed by atoms with E-state index in [1.165, 1.54) is 6.07 Å². The number of nitrogens with one attached hydrogen (secondary N) is 1. The van der Waals surface area contributed by atoms with E-state index in [4.69, 9.17) is 5.73 Å². The van der Waals surface area contributed by atoms with Crippen molar-refractivity contribution >= 4 is 21.4 Å². The van der Waals surface area contributed by atoms with Gasteiger partial charge in [-0.1, -0.05) is 0 Å². The predicted molar refractivity (Wildman–Crippen MR) is 70.0 cm³/mol. The monoisotopic (exact) mass is 286 g/mol. The molecule has 1 saturated heterocycles. The van der Waals surface area contributed by atoms with Crippen molar-refractivity contribution in [3.8, 4) is 0 Å². The molecule has 1 fully saturated rings. The number of benzene rings is 1. The van der Waals surface area contributed by atoms with E-state index in [-0.39, 0.29) is 23.5 Å². The minimum Gasteiger partial charge on any atom is -0.398 e. The molecule has 0 aromatic heterocycles. The van der Waals surface area contributed by atoms with E-state index in [1.54, 1.807) is 0 Å². The van der Waals surface area contributed by atoms with Gasteiger partial charge < -0.3 is 11.1 Å². The first-order valence-electron chi connectivity index (χ1n) is 5.95. The fraction of sp³-hybridized carbons (Fsp3) is 0.417. The standard InChI is InChI=1S/C12H15FN2O3S/c13-8-3-4-11(14)10(6-8)12(16)15-7-9-2-1-5-19(9,17)18/h3-4,6,9H,1-2,5,7,14H2,(H,15,16). The third-order valence-electron chi connectivity index (χ3n) is 3.21. The van der Waals surface area contributed by atoms with Crippen molar-refractivity contribution in [1.29, 1.82) is 0 Å². The second-order valence-electron chi connectivity index (χ2n) is 4.57. The fourth-order valence-electron chi connectivity index (χ4n) is 2.11. The SMILES string of the molecule is Nc1ccc(F)cc1C(=O)NCC1CCCS1(=O)=O. The third kappa shape index (κ3) is 3.04. The van der Waals surface area contributed by atoms with Gasteiger partial charge >= 0.3 is 0 Å². The van der Waals surface area contributed by atoms with Crippen LogP contribution in [0.25, 0.3) is 0 Å². The number of halogens is 1. The van der Waals surface area contributed by atoms with Gasteiger partial charge in [0.2, 0.25) is 0 Å². The smallest absolute Gasteiger partial charge is 0.253 e. The van der Waals surface area contributed by atoms with Crippen molar-refractivity contribution in [2.24, 2.45) is 0 Å². The molecule has 1 aliphatic heterocycles. The minimum atomic E-state index is -3.10. The molecule has 104 valence electrons. The number of amides is 1. The Morgan fingerprint density at radius 1 is 1.47 bits per heavy atom. The van der Waals surface area contributed by atoms with E-state index in [0.29, 0.717) is 12.8 Å². The number of sulfone groups is 1. The molecule has 2 rings (SSSR count). The van der Waals surface area contributed by atoms with Gasteiger partial charge in [0, 0.05) is 12.2 Å². The molecule has 1 aliphatic rings. The lowest BCUT2D eigenvalue weighted by molar-refractivity contribution is 0.0954. The molecule has 0 spiro atoms. The Morgan fingerprint density at radius 3 is 2.84 bits per heavy atom. The third-order valence-corrected chi connectivity index (χ3v) is 5.49. The average Bonchev–Trinajstić information content (AvgIpc) is 2.68. The molecule has 19 heavy (non-hydrogen) atoms. The van der Waals surface area contributed by atoms with Gasteiger partial charge in [0.15, 0.2) is 9.84 Å². The van der Waals surface area contributed by atoms with Gasteiger partial charge in [0.25, 0.3) is 5.91 Å². The van der Waals surface area contributed by atoms with Crippen LogP contribution in [0.3, 0.4) is 0 Å². The van der Waals surface area contributed by atoms with E-state index in [1.807, 2.05) is 0 Å². The number of anilines is 1. The summed E-state index contributed by atoms with van der Waals surface area (Å²) in [7, 11) is -3.10. The zero-order valence-electron chi connectivity index (χ0n) is 10.2. The Bertz CT molecular complexity index is 601. The van der Waals surface area contributed by atoms with Gasteiger partial charge in [-0.15, -0.1) is 0 Å². The van der Waals surface area contributed by atoms with Crippen molar-refractivity contribution in [1.82, 2.24) is 5.32 Å². The predicted octanol–water partition coefficient (Wildman–Crippen LogP) is 0.715. The summed E-state index contributed by atoms with van der Waals surface area (Å²) in [5.41, 5.74) is 5.77. The first-order valence-corrected chi connectivity index (χ1v) is 7.66. The molecule has 1 amide bonds. The van der Waals surface area contributed by atoms with Gasteiger partial charge in [-0.3, -0.25) is 4.79 Å². The molecule has 1 unspecified atom stereocenters. The van der Waals surface area contributed by atoms with Gasteiger partial charge in [-0.25, -0.2) is 12.8 Å². The number of rotatable bonds is 3. The summed E-state index contributed by atoms with van der Waals surface area (Å²) in [4.78, 5) is 11.8. The highest BCUT2D eigenvalue weighted by Crippen LogP contribution is 2.19. The van der Waals surface area contributed by atoms with Crippen LogP contribution in [-0.2, 0) is 9.84 Å². The molecule has 0 radical (unpaired) electrons. The maximum absolute atomic E-state index is 13.0. The highest BCUT2D eigenvalue weighted by molar-refractivity contribution is 7.92. The van der Waals surface area contributed by atoms with Crippen LogP contribution >= 0.6 is 0 Å². The Balaban J connectivity index is 2.04. The first-order chi connectivity index (χ1) is 8.90.